The third-order valence-corrected chi connectivity index (χ3v) is 2.98. The van der Waals surface area contributed by atoms with E-state index in [0.29, 0.717) is 0 Å². The lowest BCUT2D eigenvalue weighted by Gasteiger charge is -2.21. The summed E-state index contributed by atoms with van der Waals surface area (Å²) in [7, 11) is 0. The van der Waals surface area contributed by atoms with Crippen LogP contribution in [0.15, 0.2) is 18.2 Å². The van der Waals surface area contributed by atoms with Crippen molar-refractivity contribution in [1.29, 1.82) is 0 Å². The molecule has 0 saturated carbocycles. The molecule has 0 atom stereocenters. The molecule has 0 spiro atoms. The fourth-order valence-corrected chi connectivity index (χ4v) is 1.51. The highest BCUT2D eigenvalue weighted by Gasteiger charge is 2.25. The first-order chi connectivity index (χ1) is 7.35. The molecule has 0 unspecified atom stereocenters. The van der Waals surface area contributed by atoms with Crippen LogP contribution in [0.2, 0.25) is 0 Å². The summed E-state index contributed by atoms with van der Waals surface area (Å²) in [5, 5.41) is 2.98. The molecule has 1 rings (SSSR count). The molecule has 2 heteroatoms. The first-order valence-electron chi connectivity index (χ1n) is 5.75. The predicted molar refractivity (Wildman–Crippen MR) is 68.6 cm³/mol. The largest absolute Gasteiger partial charge is 0.326 e. The van der Waals surface area contributed by atoms with Crippen LogP contribution in [-0.2, 0) is 4.79 Å². The first-order valence-corrected chi connectivity index (χ1v) is 5.75. The molecule has 88 valence electrons. The van der Waals surface area contributed by atoms with E-state index >= 15 is 0 Å². The minimum absolute atomic E-state index is 0.0833. The third kappa shape index (κ3) is 3.09. The van der Waals surface area contributed by atoms with E-state index in [9.17, 15) is 4.79 Å². The third-order valence-electron chi connectivity index (χ3n) is 2.98. The van der Waals surface area contributed by atoms with Crippen molar-refractivity contribution in [1.82, 2.24) is 0 Å². The van der Waals surface area contributed by atoms with E-state index in [0.717, 1.165) is 12.1 Å². The van der Waals surface area contributed by atoms with Crippen LogP contribution in [-0.4, -0.2) is 5.91 Å². The number of nitrogens with one attached hydrogen (secondary N) is 1. The Hall–Kier alpha value is -1.31. The van der Waals surface area contributed by atoms with Crippen molar-refractivity contribution in [2.24, 2.45) is 5.41 Å². The van der Waals surface area contributed by atoms with Crippen LogP contribution in [0.1, 0.15) is 38.3 Å². The van der Waals surface area contributed by atoms with E-state index < -0.39 is 0 Å². The molecule has 1 N–H and O–H groups in total. The average Bonchev–Trinajstić information content (AvgIpc) is 2.15. The normalized spacial score (nSPS) is 11.3. The molecule has 1 amide bonds. The highest BCUT2D eigenvalue weighted by atomic mass is 16.2. The monoisotopic (exact) mass is 219 g/mol. The summed E-state index contributed by atoms with van der Waals surface area (Å²) in [5.41, 5.74) is 2.93. The van der Waals surface area contributed by atoms with Crippen molar-refractivity contribution in [3.05, 3.63) is 29.3 Å². The molecule has 0 saturated heterocycles. The summed E-state index contributed by atoms with van der Waals surface area (Å²) in [6, 6.07) is 6.09. The molecule has 2 nitrogen and oxygen atoms in total. The van der Waals surface area contributed by atoms with Crippen molar-refractivity contribution in [2.45, 2.75) is 41.0 Å². The second-order valence-electron chi connectivity index (χ2n) is 5.07. The maximum Gasteiger partial charge on any atom is 0.230 e. The van der Waals surface area contributed by atoms with E-state index in [2.05, 4.69) is 11.4 Å². The Kier molecular flexibility index (Phi) is 3.74. The zero-order valence-electron chi connectivity index (χ0n) is 10.8. The Balaban J connectivity index is 2.85. The quantitative estimate of drug-likeness (QED) is 0.825. The molecule has 0 heterocycles. The lowest BCUT2D eigenvalue weighted by Crippen LogP contribution is -2.30. The number of anilines is 1. The van der Waals surface area contributed by atoms with E-state index in [1.807, 2.05) is 46.8 Å². The molecule has 0 fully saturated rings. The van der Waals surface area contributed by atoms with Crippen molar-refractivity contribution in [3.63, 3.8) is 0 Å². The van der Waals surface area contributed by atoms with Gasteiger partial charge in [-0.2, -0.15) is 0 Å². The Bertz CT molecular complexity index is 373. The topological polar surface area (TPSA) is 29.1 Å². The zero-order chi connectivity index (χ0) is 12.3. The number of rotatable bonds is 3. The maximum atomic E-state index is 12.0. The summed E-state index contributed by atoms with van der Waals surface area (Å²) < 4.78 is 0. The molecule has 0 aliphatic rings. The van der Waals surface area contributed by atoms with Crippen LogP contribution >= 0.6 is 0 Å². The Morgan fingerprint density at radius 2 is 1.69 bits per heavy atom. The summed E-state index contributed by atoms with van der Waals surface area (Å²) in [5.74, 6) is 0.0833. The van der Waals surface area contributed by atoms with Gasteiger partial charge < -0.3 is 5.32 Å². The average molecular weight is 219 g/mol. The van der Waals surface area contributed by atoms with Crippen molar-refractivity contribution in [2.75, 3.05) is 5.32 Å². The van der Waals surface area contributed by atoms with Gasteiger partial charge in [-0.05, 0) is 43.5 Å². The maximum absolute atomic E-state index is 12.0. The second kappa shape index (κ2) is 4.69. The van der Waals surface area contributed by atoms with Gasteiger partial charge >= 0.3 is 0 Å². The lowest BCUT2D eigenvalue weighted by atomic mass is 9.89. The second-order valence-corrected chi connectivity index (χ2v) is 5.07. The number of benzene rings is 1. The highest BCUT2D eigenvalue weighted by Crippen LogP contribution is 2.23. The smallest absolute Gasteiger partial charge is 0.230 e. The van der Waals surface area contributed by atoms with E-state index in [1.54, 1.807) is 0 Å². The predicted octanol–water partition coefficient (Wildman–Crippen LogP) is 3.68. The van der Waals surface area contributed by atoms with Crippen molar-refractivity contribution >= 4 is 11.6 Å². The van der Waals surface area contributed by atoms with Crippen LogP contribution in [0.4, 0.5) is 5.69 Å². The van der Waals surface area contributed by atoms with Gasteiger partial charge in [-0.25, -0.2) is 0 Å². The molecule has 16 heavy (non-hydrogen) atoms. The summed E-state index contributed by atoms with van der Waals surface area (Å²) in [6.45, 7) is 10.0. The minimum Gasteiger partial charge on any atom is -0.326 e. The van der Waals surface area contributed by atoms with Gasteiger partial charge in [0.15, 0.2) is 0 Å². The molecule has 1 aromatic rings. The zero-order valence-corrected chi connectivity index (χ0v) is 10.8. The van der Waals surface area contributed by atoms with Crippen molar-refractivity contribution in [3.8, 4) is 0 Å². The van der Waals surface area contributed by atoms with E-state index in [-0.39, 0.29) is 11.3 Å². The Labute approximate surface area is 98.1 Å². The minimum atomic E-state index is -0.308. The van der Waals surface area contributed by atoms with Crippen molar-refractivity contribution < 1.29 is 4.79 Å². The molecule has 0 radical (unpaired) electrons. The van der Waals surface area contributed by atoms with Gasteiger partial charge in [-0.1, -0.05) is 26.8 Å². The number of aryl methyl sites for hydroxylation is 2. The highest BCUT2D eigenvalue weighted by molar-refractivity contribution is 5.94. The first kappa shape index (κ1) is 12.8. The molecule has 0 aromatic heterocycles. The standard InChI is InChI=1S/C14H21NO/c1-6-14(4,5)13(16)15-12-8-10(2)7-11(3)9-12/h7-9H,6H2,1-5H3,(H,15,16). The molecule has 0 bridgehead atoms. The Morgan fingerprint density at radius 3 is 2.12 bits per heavy atom. The Morgan fingerprint density at radius 1 is 1.19 bits per heavy atom. The van der Waals surface area contributed by atoms with Gasteiger partial charge in [0.2, 0.25) is 5.91 Å². The van der Waals surface area contributed by atoms with Crippen LogP contribution in [0.3, 0.4) is 0 Å². The van der Waals surface area contributed by atoms with Crippen LogP contribution in [0.5, 0.6) is 0 Å². The van der Waals surface area contributed by atoms with Gasteiger partial charge in [-0.3, -0.25) is 4.79 Å². The molecule has 0 aliphatic carbocycles. The lowest BCUT2D eigenvalue weighted by molar-refractivity contribution is -0.124. The fraction of sp³-hybridized carbons (Fsp3) is 0.500. The number of carbonyl (C=O) groups is 1. The number of carbonyl (C=O) groups excluding carboxylic acids is 1. The van der Waals surface area contributed by atoms with Gasteiger partial charge in [0.05, 0.1) is 0 Å². The van der Waals surface area contributed by atoms with Crippen LogP contribution < -0.4 is 5.32 Å². The number of hydrogen-bond acceptors (Lipinski definition) is 1. The fourth-order valence-electron chi connectivity index (χ4n) is 1.51. The summed E-state index contributed by atoms with van der Waals surface area (Å²) in [6.07, 6.45) is 0.837. The SMILES string of the molecule is CCC(C)(C)C(=O)Nc1cc(C)cc(C)c1. The van der Waals surface area contributed by atoms with E-state index in [1.165, 1.54) is 11.1 Å². The number of hydrogen-bond donors (Lipinski definition) is 1. The van der Waals surface area contributed by atoms with Crippen LogP contribution in [0.25, 0.3) is 0 Å². The van der Waals surface area contributed by atoms with Gasteiger partial charge in [0.1, 0.15) is 0 Å². The van der Waals surface area contributed by atoms with Gasteiger partial charge in [-0.15, -0.1) is 0 Å². The summed E-state index contributed by atoms with van der Waals surface area (Å²) >= 11 is 0. The number of amides is 1. The van der Waals surface area contributed by atoms with Gasteiger partial charge in [0, 0.05) is 11.1 Å². The van der Waals surface area contributed by atoms with E-state index in [4.69, 9.17) is 0 Å². The summed E-state index contributed by atoms with van der Waals surface area (Å²) in [4.78, 5) is 12.0. The molecular formula is C14H21NO. The van der Waals surface area contributed by atoms with Gasteiger partial charge in [0.25, 0.3) is 0 Å². The molecule has 1 aromatic carbocycles. The molecular weight excluding hydrogens is 198 g/mol. The molecule has 0 aliphatic heterocycles. The van der Waals surface area contributed by atoms with Crippen LogP contribution in [0, 0.1) is 19.3 Å².